The molecule has 2 amide bonds. The van der Waals surface area contributed by atoms with E-state index in [-0.39, 0.29) is 18.4 Å². The van der Waals surface area contributed by atoms with Crippen molar-refractivity contribution in [1.29, 1.82) is 0 Å². The second-order valence-corrected chi connectivity index (χ2v) is 10.8. The molecule has 0 bridgehead atoms. The quantitative estimate of drug-likeness (QED) is 0.160. The van der Waals surface area contributed by atoms with Gasteiger partial charge in [0.1, 0.15) is 11.8 Å². The Kier molecular flexibility index (Phi) is 9.85. The summed E-state index contributed by atoms with van der Waals surface area (Å²) in [5.41, 5.74) is 6.38. The molecule has 0 unspecified atom stereocenters. The fourth-order valence-corrected chi connectivity index (χ4v) is 4.71. The van der Waals surface area contributed by atoms with Crippen molar-refractivity contribution in [3.63, 3.8) is 0 Å². The van der Waals surface area contributed by atoms with Crippen LogP contribution in [0.5, 0.6) is 5.75 Å². The first kappa shape index (κ1) is 29.2. The van der Waals surface area contributed by atoms with E-state index in [4.69, 9.17) is 27.9 Å². The maximum Gasteiger partial charge on any atom is 0.262 e. The number of carbonyl (C=O) groups is 2. The van der Waals surface area contributed by atoms with Gasteiger partial charge in [0.2, 0.25) is 0 Å². The van der Waals surface area contributed by atoms with Crippen LogP contribution < -0.4 is 15.5 Å². The number of amides is 2. The molecule has 0 aliphatic carbocycles. The first-order chi connectivity index (χ1) is 19.2. The van der Waals surface area contributed by atoms with Crippen molar-refractivity contribution >= 4 is 52.1 Å². The number of nitrogens with one attached hydrogen (secondary N) is 2. The molecule has 2 N–H and O–H groups in total. The highest BCUT2D eigenvalue weighted by molar-refractivity contribution is 6.42. The molecule has 0 aliphatic heterocycles. The number of hydrogen-bond acceptors (Lipinski definition) is 4. The van der Waals surface area contributed by atoms with Crippen LogP contribution in [0.15, 0.2) is 78.0 Å². The second kappa shape index (κ2) is 13.5. The van der Waals surface area contributed by atoms with Gasteiger partial charge in [-0.25, -0.2) is 5.43 Å². The van der Waals surface area contributed by atoms with Gasteiger partial charge in [0, 0.05) is 29.2 Å². The Balaban J connectivity index is 1.43. The molecule has 0 radical (unpaired) electrons. The van der Waals surface area contributed by atoms with Crippen LogP contribution in [0.4, 0.5) is 0 Å². The molecular formula is C31H32Cl2N4O3. The highest BCUT2D eigenvalue weighted by atomic mass is 35.5. The van der Waals surface area contributed by atoms with Crippen LogP contribution in [0, 0.1) is 12.8 Å². The van der Waals surface area contributed by atoms with Gasteiger partial charge in [-0.05, 0) is 54.7 Å². The summed E-state index contributed by atoms with van der Waals surface area (Å²) in [6, 6.07) is 20.2. The van der Waals surface area contributed by atoms with E-state index in [1.165, 1.54) is 0 Å². The summed E-state index contributed by atoms with van der Waals surface area (Å²) in [5, 5.41) is 9.00. The molecule has 1 aromatic heterocycles. The molecule has 40 heavy (non-hydrogen) atoms. The van der Waals surface area contributed by atoms with Crippen molar-refractivity contribution in [1.82, 2.24) is 15.3 Å². The predicted molar refractivity (Wildman–Crippen MR) is 161 cm³/mol. The van der Waals surface area contributed by atoms with E-state index in [0.29, 0.717) is 28.8 Å². The molecule has 9 heteroatoms. The van der Waals surface area contributed by atoms with Gasteiger partial charge in [-0.2, -0.15) is 5.10 Å². The zero-order chi connectivity index (χ0) is 28.6. The predicted octanol–water partition coefficient (Wildman–Crippen LogP) is 6.36. The van der Waals surface area contributed by atoms with E-state index in [0.717, 1.165) is 27.6 Å². The average Bonchev–Trinajstić information content (AvgIpc) is 3.26. The third-order valence-corrected chi connectivity index (χ3v) is 7.08. The number of benzene rings is 3. The highest BCUT2D eigenvalue weighted by Gasteiger charge is 2.22. The van der Waals surface area contributed by atoms with Crippen molar-refractivity contribution in [3.05, 3.63) is 99.7 Å². The largest absolute Gasteiger partial charge is 0.484 e. The lowest BCUT2D eigenvalue weighted by Gasteiger charge is -2.19. The van der Waals surface area contributed by atoms with Crippen LogP contribution >= 0.6 is 23.2 Å². The lowest BCUT2D eigenvalue weighted by atomic mass is 10.0. The average molecular weight is 580 g/mol. The molecule has 0 saturated heterocycles. The Bertz CT molecular complexity index is 1530. The van der Waals surface area contributed by atoms with Crippen LogP contribution in [0.2, 0.25) is 10.0 Å². The van der Waals surface area contributed by atoms with Crippen molar-refractivity contribution in [3.8, 4) is 5.75 Å². The van der Waals surface area contributed by atoms with E-state index in [1.807, 2.05) is 81.6 Å². The fourth-order valence-electron chi connectivity index (χ4n) is 4.39. The zero-order valence-electron chi connectivity index (χ0n) is 22.7. The normalized spacial score (nSPS) is 12.2. The number of halogens is 2. The SMILES string of the molecule is Cc1ccccc1OCC(=O)N[C@H](CC(C)C)C(=O)N/N=C\c1cn(Cc2ccc(Cl)c(Cl)c2)c2ccccc12. The second-order valence-electron chi connectivity index (χ2n) is 10.0. The summed E-state index contributed by atoms with van der Waals surface area (Å²) in [4.78, 5) is 25.6. The fraction of sp³-hybridized carbons (Fsp3) is 0.258. The zero-order valence-corrected chi connectivity index (χ0v) is 24.2. The van der Waals surface area contributed by atoms with Crippen molar-refractivity contribution in [2.24, 2.45) is 11.0 Å². The number of hydrogen-bond donors (Lipinski definition) is 2. The number of hydrazone groups is 1. The topological polar surface area (TPSA) is 84.7 Å². The van der Waals surface area contributed by atoms with Crippen LogP contribution in [-0.4, -0.2) is 35.2 Å². The number of nitrogens with zero attached hydrogens (tertiary/aromatic N) is 2. The van der Waals surface area contributed by atoms with E-state index in [9.17, 15) is 9.59 Å². The van der Waals surface area contributed by atoms with Gasteiger partial charge in [-0.15, -0.1) is 0 Å². The first-order valence-corrected chi connectivity index (χ1v) is 13.8. The highest BCUT2D eigenvalue weighted by Crippen LogP contribution is 2.25. The van der Waals surface area contributed by atoms with Gasteiger partial charge in [0.25, 0.3) is 11.8 Å². The summed E-state index contributed by atoms with van der Waals surface area (Å²) < 4.78 is 7.72. The molecule has 208 valence electrons. The number of fused-ring (bicyclic) bond motifs is 1. The van der Waals surface area contributed by atoms with Crippen molar-refractivity contribution in [2.45, 2.75) is 39.8 Å². The Morgan fingerprint density at radius 1 is 1.02 bits per heavy atom. The number of ether oxygens (including phenoxy) is 1. The van der Waals surface area contributed by atoms with Gasteiger partial charge in [-0.1, -0.05) is 79.5 Å². The first-order valence-electron chi connectivity index (χ1n) is 13.0. The van der Waals surface area contributed by atoms with E-state index in [1.54, 1.807) is 18.3 Å². The van der Waals surface area contributed by atoms with Gasteiger partial charge in [-0.3, -0.25) is 9.59 Å². The molecule has 0 saturated carbocycles. The molecule has 7 nitrogen and oxygen atoms in total. The van der Waals surface area contributed by atoms with Crippen LogP contribution in [0.1, 0.15) is 37.0 Å². The Morgan fingerprint density at radius 2 is 1.77 bits per heavy atom. The number of para-hydroxylation sites is 2. The minimum atomic E-state index is -0.749. The maximum atomic E-state index is 13.0. The van der Waals surface area contributed by atoms with Gasteiger partial charge in [0.15, 0.2) is 6.61 Å². The van der Waals surface area contributed by atoms with Crippen molar-refractivity contribution in [2.75, 3.05) is 6.61 Å². The van der Waals surface area contributed by atoms with Crippen molar-refractivity contribution < 1.29 is 14.3 Å². The Hall–Kier alpha value is -3.81. The minimum Gasteiger partial charge on any atom is -0.484 e. The lowest BCUT2D eigenvalue weighted by molar-refractivity contribution is -0.130. The molecule has 0 aliphatic rings. The van der Waals surface area contributed by atoms with E-state index < -0.39 is 11.9 Å². The molecule has 1 atom stereocenters. The smallest absolute Gasteiger partial charge is 0.262 e. The minimum absolute atomic E-state index is 0.177. The molecule has 4 aromatic rings. The van der Waals surface area contributed by atoms with Gasteiger partial charge in [0.05, 0.1) is 16.3 Å². The van der Waals surface area contributed by atoms with Gasteiger partial charge >= 0.3 is 0 Å². The standard InChI is InChI=1S/C31H32Cl2N4O3/c1-20(2)14-27(35-30(38)19-40-29-11-7-4-8-21(29)3)31(39)36-34-16-23-18-37(28-10-6-5-9-24(23)28)17-22-12-13-25(32)26(33)15-22/h4-13,15-16,18,20,27H,14,17,19H2,1-3H3,(H,35,38)(H,36,39)/b34-16-/t27-/m1/s1. The third-order valence-electron chi connectivity index (χ3n) is 6.35. The maximum absolute atomic E-state index is 13.0. The van der Waals surface area contributed by atoms with Crippen LogP contribution in [-0.2, 0) is 16.1 Å². The lowest BCUT2D eigenvalue weighted by Crippen LogP contribution is -2.47. The molecule has 0 spiro atoms. The number of rotatable bonds is 11. The summed E-state index contributed by atoms with van der Waals surface area (Å²) in [5.74, 6) is 0.0363. The summed E-state index contributed by atoms with van der Waals surface area (Å²) in [7, 11) is 0. The van der Waals surface area contributed by atoms with E-state index >= 15 is 0 Å². The summed E-state index contributed by atoms with van der Waals surface area (Å²) in [6.45, 7) is 6.29. The summed E-state index contributed by atoms with van der Waals surface area (Å²) in [6.07, 6.45) is 4.04. The summed E-state index contributed by atoms with van der Waals surface area (Å²) >= 11 is 12.3. The molecular weight excluding hydrogens is 547 g/mol. The molecule has 1 heterocycles. The molecule has 3 aromatic carbocycles. The molecule has 4 rings (SSSR count). The van der Waals surface area contributed by atoms with Crippen LogP contribution in [0.25, 0.3) is 10.9 Å². The number of aromatic nitrogens is 1. The van der Waals surface area contributed by atoms with E-state index in [2.05, 4.69) is 20.4 Å². The Labute approximate surface area is 244 Å². The van der Waals surface area contributed by atoms with Gasteiger partial charge < -0.3 is 14.6 Å². The number of carbonyl (C=O) groups excluding carboxylic acids is 2. The third kappa shape index (κ3) is 7.64. The molecule has 0 fully saturated rings. The monoisotopic (exact) mass is 578 g/mol. The van der Waals surface area contributed by atoms with Crippen LogP contribution in [0.3, 0.4) is 0 Å². The Morgan fingerprint density at radius 3 is 2.52 bits per heavy atom. The number of aryl methyl sites for hydroxylation is 1.